The van der Waals surface area contributed by atoms with Crippen LogP contribution in [0, 0.1) is 0 Å². The quantitative estimate of drug-likeness (QED) is 0.418. The molecule has 0 radical (unpaired) electrons. The number of aliphatic hydroxyl groups excluding tert-OH is 2. The SMILES string of the molecule is CCCCCCCC(=O)N(C1CCCC1)[C@@H]1C=C(C(=O)NCCO)[C@@H]2c3ccccc3O[C@@H]2[C@H]1O. The van der Waals surface area contributed by atoms with Gasteiger partial charge in [0.1, 0.15) is 18.0 Å². The van der Waals surface area contributed by atoms with E-state index >= 15 is 0 Å². The minimum atomic E-state index is -0.938. The molecule has 192 valence electrons. The Kier molecular flexibility index (Phi) is 8.84. The number of ether oxygens (including phenoxy) is 1. The Bertz CT molecular complexity index is 910. The van der Waals surface area contributed by atoms with Gasteiger partial charge in [-0.2, -0.15) is 0 Å². The molecule has 35 heavy (non-hydrogen) atoms. The van der Waals surface area contributed by atoms with E-state index in [1.165, 1.54) is 6.42 Å². The highest BCUT2D eigenvalue weighted by atomic mass is 16.5. The molecule has 0 spiro atoms. The summed E-state index contributed by atoms with van der Waals surface area (Å²) in [5.41, 5.74) is 1.37. The maximum Gasteiger partial charge on any atom is 0.247 e. The van der Waals surface area contributed by atoms with E-state index in [0.717, 1.165) is 56.9 Å². The third kappa shape index (κ3) is 5.56. The molecule has 1 saturated carbocycles. The highest BCUT2D eigenvalue weighted by Crippen LogP contribution is 2.47. The highest BCUT2D eigenvalue weighted by Gasteiger charge is 2.51. The lowest BCUT2D eigenvalue weighted by molar-refractivity contribution is -0.140. The van der Waals surface area contributed by atoms with Gasteiger partial charge in [0, 0.05) is 30.1 Å². The number of para-hydroxylation sites is 1. The summed E-state index contributed by atoms with van der Waals surface area (Å²) in [6.07, 6.45) is 9.98. The smallest absolute Gasteiger partial charge is 0.247 e. The lowest BCUT2D eigenvalue weighted by Crippen LogP contribution is -2.58. The van der Waals surface area contributed by atoms with Crippen LogP contribution in [0.2, 0.25) is 0 Å². The molecule has 1 fully saturated rings. The first-order chi connectivity index (χ1) is 17.1. The molecule has 0 bridgehead atoms. The molecule has 1 heterocycles. The van der Waals surface area contributed by atoms with E-state index < -0.39 is 24.2 Å². The zero-order chi connectivity index (χ0) is 24.8. The number of rotatable bonds is 11. The van der Waals surface area contributed by atoms with E-state index in [-0.39, 0.29) is 31.0 Å². The van der Waals surface area contributed by atoms with Crippen molar-refractivity contribution in [3.05, 3.63) is 41.5 Å². The largest absolute Gasteiger partial charge is 0.486 e. The van der Waals surface area contributed by atoms with Crippen LogP contribution in [0.1, 0.15) is 82.6 Å². The number of aliphatic hydroxyl groups is 2. The molecule has 4 atom stereocenters. The van der Waals surface area contributed by atoms with Gasteiger partial charge in [-0.15, -0.1) is 0 Å². The Morgan fingerprint density at radius 3 is 2.60 bits per heavy atom. The van der Waals surface area contributed by atoms with Gasteiger partial charge in [0.05, 0.1) is 18.6 Å². The molecule has 2 amide bonds. The molecule has 0 aromatic heterocycles. The van der Waals surface area contributed by atoms with Gasteiger partial charge in [-0.3, -0.25) is 9.59 Å². The average molecular weight is 485 g/mol. The van der Waals surface area contributed by atoms with E-state index in [1.54, 1.807) is 6.08 Å². The molecule has 7 nitrogen and oxygen atoms in total. The third-order valence-electron chi connectivity index (χ3n) is 7.70. The summed E-state index contributed by atoms with van der Waals surface area (Å²) in [6, 6.07) is 7.01. The van der Waals surface area contributed by atoms with Gasteiger partial charge < -0.3 is 25.2 Å². The molecular formula is C28H40N2O5. The van der Waals surface area contributed by atoms with Crippen molar-refractivity contribution in [2.24, 2.45) is 0 Å². The van der Waals surface area contributed by atoms with Crippen molar-refractivity contribution in [3.63, 3.8) is 0 Å². The number of nitrogens with zero attached hydrogens (tertiary/aromatic N) is 1. The molecule has 3 N–H and O–H groups in total. The molecule has 1 aromatic carbocycles. The fraction of sp³-hybridized carbons (Fsp3) is 0.643. The fourth-order valence-corrected chi connectivity index (χ4v) is 5.97. The van der Waals surface area contributed by atoms with Crippen molar-refractivity contribution >= 4 is 11.8 Å². The average Bonchev–Trinajstić information content (AvgIpc) is 3.53. The van der Waals surface area contributed by atoms with Crippen LogP contribution in [-0.2, 0) is 9.59 Å². The van der Waals surface area contributed by atoms with E-state index in [9.17, 15) is 19.8 Å². The molecule has 1 aliphatic heterocycles. The maximum atomic E-state index is 13.6. The van der Waals surface area contributed by atoms with Crippen LogP contribution < -0.4 is 10.1 Å². The Morgan fingerprint density at radius 2 is 1.86 bits per heavy atom. The van der Waals surface area contributed by atoms with Crippen molar-refractivity contribution in [3.8, 4) is 5.75 Å². The summed E-state index contributed by atoms with van der Waals surface area (Å²) in [6.45, 7) is 2.16. The van der Waals surface area contributed by atoms with Crippen LogP contribution in [0.3, 0.4) is 0 Å². The van der Waals surface area contributed by atoms with Gasteiger partial charge in [0.25, 0.3) is 0 Å². The van der Waals surface area contributed by atoms with Gasteiger partial charge in [-0.1, -0.05) is 63.6 Å². The first-order valence-electron chi connectivity index (χ1n) is 13.4. The first kappa shape index (κ1) is 25.7. The fourth-order valence-electron chi connectivity index (χ4n) is 5.97. The standard InChI is InChI=1S/C28H40N2O5/c1-2-3-4-5-6-15-24(32)30(19-11-7-8-12-19)22-18-21(28(34)29-16-17-31)25-20-13-9-10-14-23(20)35-27(25)26(22)33/h9-10,13-14,18-19,22,25-27,31,33H,2-8,11-12,15-17H2,1H3,(H,29,34)/t22-,25+,26+,27+/m1/s1. The summed E-state index contributed by atoms with van der Waals surface area (Å²) in [5, 5.41) is 23.6. The van der Waals surface area contributed by atoms with Crippen molar-refractivity contribution < 1.29 is 24.5 Å². The number of amides is 2. The molecule has 0 unspecified atom stereocenters. The Hall–Kier alpha value is -2.38. The summed E-state index contributed by atoms with van der Waals surface area (Å²) in [7, 11) is 0. The van der Waals surface area contributed by atoms with Crippen LogP contribution >= 0.6 is 0 Å². The van der Waals surface area contributed by atoms with Crippen LogP contribution in [-0.4, -0.2) is 64.4 Å². The third-order valence-corrected chi connectivity index (χ3v) is 7.70. The maximum absolute atomic E-state index is 13.6. The van der Waals surface area contributed by atoms with Crippen LogP contribution in [0.4, 0.5) is 0 Å². The molecule has 3 aliphatic rings. The van der Waals surface area contributed by atoms with Gasteiger partial charge in [-0.25, -0.2) is 0 Å². The summed E-state index contributed by atoms with van der Waals surface area (Å²) < 4.78 is 6.20. The van der Waals surface area contributed by atoms with Gasteiger partial charge in [0.15, 0.2) is 0 Å². The van der Waals surface area contributed by atoms with Crippen molar-refractivity contribution in [1.29, 1.82) is 0 Å². The topological polar surface area (TPSA) is 99.1 Å². The number of benzene rings is 1. The van der Waals surface area contributed by atoms with Gasteiger partial charge in [0.2, 0.25) is 11.8 Å². The normalized spacial score (nSPS) is 25.4. The first-order valence-corrected chi connectivity index (χ1v) is 13.4. The van der Waals surface area contributed by atoms with E-state index in [2.05, 4.69) is 12.2 Å². The number of unbranched alkanes of at least 4 members (excludes halogenated alkanes) is 4. The Labute approximate surface area is 208 Å². The predicted octanol–water partition coefficient (Wildman–Crippen LogP) is 3.44. The molecular weight excluding hydrogens is 444 g/mol. The van der Waals surface area contributed by atoms with E-state index in [0.29, 0.717) is 17.7 Å². The molecule has 1 aromatic rings. The Balaban J connectivity index is 1.64. The van der Waals surface area contributed by atoms with Gasteiger partial charge >= 0.3 is 0 Å². The monoisotopic (exact) mass is 484 g/mol. The van der Waals surface area contributed by atoms with E-state index in [4.69, 9.17) is 4.74 Å². The number of hydrogen-bond acceptors (Lipinski definition) is 5. The second kappa shape index (κ2) is 12.0. The van der Waals surface area contributed by atoms with Crippen LogP contribution in [0.5, 0.6) is 5.75 Å². The molecule has 2 aliphatic carbocycles. The minimum absolute atomic E-state index is 0.0535. The Morgan fingerprint density at radius 1 is 1.11 bits per heavy atom. The number of nitrogens with one attached hydrogen (secondary N) is 1. The summed E-state index contributed by atoms with van der Waals surface area (Å²) in [5.74, 6) is 0.0193. The lowest BCUT2D eigenvalue weighted by Gasteiger charge is -2.43. The van der Waals surface area contributed by atoms with Crippen LogP contribution in [0.25, 0.3) is 0 Å². The van der Waals surface area contributed by atoms with Crippen molar-refractivity contribution in [2.75, 3.05) is 13.2 Å². The number of fused-ring (bicyclic) bond motifs is 3. The molecule has 4 rings (SSSR count). The van der Waals surface area contributed by atoms with Crippen molar-refractivity contribution in [1.82, 2.24) is 10.2 Å². The zero-order valence-corrected chi connectivity index (χ0v) is 20.8. The molecule has 0 saturated heterocycles. The van der Waals surface area contributed by atoms with Crippen LogP contribution in [0.15, 0.2) is 35.9 Å². The summed E-state index contributed by atoms with van der Waals surface area (Å²) >= 11 is 0. The second-order valence-electron chi connectivity index (χ2n) is 10.1. The zero-order valence-electron chi connectivity index (χ0n) is 20.8. The second-order valence-corrected chi connectivity index (χ2v) is 10.1. The lowest BCUT2D eigenvalue weighted by atomic mass is 9.77. The molecule has 7 heteroatoms. The minimum Gasteiger partial charge on any atom is -0.486 e. The number of carbonyl (C=O) groups is 2. The predicted molar refractivity (Wildman–Crippen MR) is 134 cm³/mol. The number of carbonyl (C=O) groups excluding carboxylic acids is 2. The van der Waals surface area contributed by atoms with Crippen molar-refractivity contribution in [2.45, 2.75) is 101 Å². The summed E-state index contributed by atoms with van der Waals surface area (Å²) in [4.78, 5) is 28.7. The highest BCUT2D eigenvalue weighted by molar-refractivity contribution is 5.96. The van der Waals surface area contributed by atoms with E-state index in [1.807, 2.05) is 29.2 Å². The number of hydrogen-bond donors (Lipinski definition) is 3. The van der Waals surface area contributed by atoms with Gasteiger partial charge in [-0.05, 0) is 31.4 Å².